The van der Waals surface area contributed by atoms with Crippen LogP contribution in [0.2, 0.25) is 10.0 Å². The van der Waals surface area contributed by atoms with Gasteiger partial charge in [0.1, 0.15) is 21.9 Å². The summed E-state index contributed by atoms with van der Waals surface area (Å²) in [5, 5.41) is 7.50. The Morgan fingerprint density at radius 3 is 2.52 bits per heavy atom. The van der Waals surface area contributed by atoms with Gasteiger partial charge in [0.25, 0.3) is 5.91 Å². The van der Waals surface area contributed by atoms with Crippen molar-refractivity contribution in [1.82, 2.24) is 10.1 Å². The van der Waals surface area contributed by atoms with Crippen molar-refractivity contribution in [2.45, 2.75) is 13.8 Å². The Hall–Kier alpha value is -2.42. The molecule has 0 atom stereocenters. The molecule has 2 heterocycles. The van der Waals surface area contributed by atoms with Crippen molar-refractivity contribution < 1.29 is 18.8 Å². The van der Waals surface area contributed by atoms with Crippen LogP contribution < -0.4 is 5.32 Å². The lowest BCUT2D eigenvalue weighted by molar-refractivity contribution is 0.0605. The molecule has 1 N–H and O–H groups in total. The molecule has 0 unspecified atom stereocenters. The fraction of sp³-hybridized carbons (Fsp3) is 0.176. The molecular formula is C17H13Cl2N3O4S. The highest BCUT2D eigenvalue weighted by Crippen LogP contribution is 2.37. The van der Waals surface area contributed by atoms with Crippen LogP contribution in [0.25, 0.3) is 11.3 Å². The van der Waals surface area contributed by atoms with Gasteiger partial charge in [0.15, 0.2) is 5.13 Å². The SMILES string of the molecule is COC(=O)c1sc(NC(=O)c2c(-c3c(Cl)cccc3Cl)noc2C)nc1C. The summed E-state index contributed by atoms with van der Waals surface area (Å²) in [5.74, 6) is -0.736. The highest BCUT2D eigenvalue weighted by atomic mass is 35.5. The molecule has 2 aromatic heterocycles. The quantitative estimate of drug-likeness (QED) is 0.605. The van der Waals surface area contributed by atoms with Gasteiger partial charge in [-0.15, -0.1) is 0 Å². The van der Waals surface area contributed by atoms with Crippen LogP contribution in [-0.2, 0) is 4.74 Å². The number of benzene rings is 1. The zero-order chi connectivity index (χ0) is 19.7. The third kappa shape index (κ3) is 3.69. The molecule has 3 aromatic rings. The van der Waals surface area contributed by atoms with Crippen molar-refractivity contribution in [3.8, 4) is 11.3 Å². The van der Waals surface area contributed by atoms with Gasteiger partial charge in [-0.3, -0.25) is 10.1 Å². The summed E-state index contributed by atoms with van der Waals surface area (Å²) in [5.41, 5.74) is 1.26. The Bertz CT molecular complexity index is 1020. The van der Waals surface area contributed by atoms with Crippen LogP contribution in [-0.4, -0.2) is 29.1 Å². The van der Waals surface area contributed by atoms with Crippen molar-refractivity contribution in [3.63, 3.8) is 0 Å². The zero-order valence-electron chi connectivity index (χ0n) is 14.4. The number of methoxy groups -OCH3 is 1. The first-order chi connectivity index (χ1) is 12.8. The number of aromatic nitrogens is 2. The number of amides is 1. The Kier molecular flexibility index (Phi) is 5.50. The summed E-state index contributed by atoms with van der Waals surface area (Å²) >= 11 is 13.5. The summed E-state index contributed by atoms with van der Waals surface area (Å²) < 4.78 is 9.88. The molecule has 1 aromatic carbocycles. The number of halogens is 2. The maximum absolute atomic E-state index is 12.8. The number of hydrogen-bond donors (Lipinski definition) is 1. The highest BCUT2D eigenvalue weighted by molar-refractivity contribution is 7.17. The number of ether oxygens (including phenoxy) is 1. The number of rotatable bonds is 4. The fourth-order valence-electron chi connectivity index (χ4n) is 2.43. The minimum atomic E-state index is -0.518. The van der Waals surface area contributed by atoms with Crippen LogP contribution in [0.1, 0.15) is 31.5 Å². The molecule has 10 heteroatoms. The molecule has 0 aliphatic heterocycles. The van der Waals surface area contributed by atoms with E-state index in [0.29, 0.717) is 31.9 Å². The second-order valence-electron chi connectivity index (χ2n) is 5.44. The van der Waals surface area contributed by atoms with Gasteiger partial charge in [0.2, 0.25) is 0 Å². The first-order valence-corrected chi connectivity index (χ1v) is 9.18. The maximum atomic E-state index is 12.8. The molecule has 0 aliphatic carbocycles. The van der Waals surface area contributed by atoms with Crippen LogP contribution in [0, 0.1) is 13.8 Å². The lowest BCUT2D eigenvalue weighted by atomic mass is 10.1. The van der Waals surface area contributed by atoms with Gasteiger partial charge in [0.05, 0.1) is 22.8 Å². The molecule has 0 saturated carbocycles. The summed E-state index contributed by atoms with van der Waals surface area (Å²) in [7, 11) is 1.28. The normalized spacial score (nSPS) is 10.7. The van der Waals surface area contributed by atoms with Gasteiger partial charge in [-0.1, -0.05) is 45.8 Å². The van der Waals surface area contributed by atoms with Crippen LogP contribution >= 0.6 is 34.5 Å². The molecule has 140 valence electrons. The predicted molar refractivity (Wildman–Crippen MR) is 103 cm³/mol. The Labute approximate surface area is 168 Å². The molecule has 0 radical (unpaired) electrons. The zero-order valence-corrected chi connectivity index (χ0v) is 16.8. The van der Waals surface area contributed by atoms with Crippen molar-refractivity contribution in [1.29, 1.82) is 0 Å². The smallest absolute Gasteiger partial charge is 0.350 e. The van der Waals surface area contributed by atoms with E-state index >= 15 is 0 Å². The van der Waals surface area contributed by atoms with E-state index in [2.05, 4.69) is 15.5 Å². The van der Waals surface area contributed by atoms with Crippen LogP contribution in [0.4, 0.5) is 5.13 Å². The third-order valence-corrected chi connectivity index (χ3v) is 5.36. The molecule has 0 saturated heterocycles. The number of hydrogen-bond acceptors (Lipinski definition) is 7. The lowest BCUT2D eigenvalue weighted by Crippen LogP contribution is -2.13. The van der Waals surface area contributed by atoms with Gasteiger partial charge >= 0.3 is 5.97 Å². The average Bonchev–Trinajstić information content (AvgIpc) is 3.17. The van der Waals surface area contributed by atoms with E-state index in [-0.39, 0.29) is 16.4 Å². The number of carbonyl (C=O) groups is 2. The summed E-state index contributed by atoms with van der Waals surface area (Å²) in [6, 6.07) is 4.97. The lowest BCUT2D eigenvalue weighted by Gasteiger charge is -2.06. The number of nitrogens with zero attached hydrogens (tertiary/aromatic N) is 2. The highest BCUT2D eigenvalue weighted by Gasteiger charge is 2.26. The van der Waals surface area contributed by atoms with Gasteiger partial charge < -0.3 is 9.26 Å². The van der Waals surface area contributed by atoms with Crippen molar-refractivity contribution in [3.05, 3.63) is 50.1 Å². The standard InChI is InChI=1S/C17H13Cl2N3O4S/c1-7-14(16(24)25-3)27-17(20-7)21-15(23)11-8(2)26-22-13(11)12-9(18)5-4-6-10(12)19/h4-6H,1-3H3,(H,20,21,23). The van der Waals surface area contributed by atoms with E-state index in [1.54, 1.807) is 32.0 Å². The van der Waals surface area contributed by atoms with E-state index in [0.717, 1.165) is 11.3 Å². The Morgan fingerprint density at radius 2 is 1.89 bits per heavy atom. The van der Waals surface area contributed by atoms with E-state index in [4.69, 9.17) is 32.5 Å². The topological polar surface area (TPSA) is 94.3 Å². The molecule has 1 amide bonds. The van der Waals surface area contributed by atoms with Crippen LogP contribution in [0.3, 0.4) is 0 Å². The number of anilines is 1. The molecule has 7 nitrogen and oxygen atoms in total. The minimum Gasteiger partial charge on any atom is -0.465 e. The van der Waals surface area contributed by atoms with E-state index in [1.165, 1.54) is 7.11 Å². The largest absolute Gasteiger partial charge is 0.465 e. The average molecular weight is 426 g/mol. The monoisotopic (exact) mass is 425 g/mol. The molecular weight excluding hydrogens is 413 g/mol. The fourth-order valence-corrected chi connectivity index (χ4v) is 3.88. The Morgan fingerprint density at radius 1 is 1.22 bits per heavy atom. The van der Waals surface area contributed by atoms with Crippen LogP contribution in [0.5, 0.6) is 0 Å². The third-order valence-electron chi connectivity index (χ3n) is 3.68. The van der Waals surface area contributed by atoms with Gasteiger partial charge in [-0.25, -0.2) is 9.78 Å². The van der Waals surface area contributed by atoms with Gasteiger partial charge in [0, 0.05) is 5.56 Å². The maximum Gasteiger partial charge on any atom is 0.350 e. The second-order valence-corrected chi connectivity index (χ2v) is 7.25. The number of esters is 1. The van der Waals surface area contributed by atoms with E-state index < -0.39 is 11.9 Å². The molecule has 3 rings (SSSR count). The number of nitrogens with one attached hydrogen (secondary N) is 1. The molecule has 0 spiro atoms. The first-order valence-electron chi connectivity index (χ1n) is 7.61. The number of carbonyl (C=O) groups excluding carboxylic acids is 2. The predicted octanol–water partition coefficient (Wildman–Crippen LogP) is 4.76. The van der Waals surface area contributed by atoms with E-state index in [1.807, 2.05) is 0 Å². The van der Waals surface area contributed by atoms with E-state index in [9.17, 15) is 9.59 Å². The summed E-state index contributed by atoms with van der Waals surface area (Å²) in [6.45, 7) is 3.25. The van der Waals surface area contributed by atoms with Gasteiger partial charge in [-0.05, 0) is 26.0 Å². The molecule has 0 fully saturated rings. The van der Waals surface area contributed by atoms with Crippen molar-refractivity contribution in [2.75, 3.05) is 12.4 Å². The first kappa shape index (κ1) is 19.3. The van der Waals surface area contributed by atoms with Gasteiger partial charge in [-0.2, -0.15) is 0 Å². The molecule has 0 bridgehead atoms. The minimum absolute atomic E-state index is 0.178. The summed E-state index contributed by atoms with van der Waals surface area (Å²) in [4.78, 5) is 29.0. The molecule has 0 aliphatic rings. The molecule has 27 heavy (non-hydrogen) atoms. The number of thiazole rings is 1. The Balaban J connectivity index is 1.98. The number of aryl methyl sites for hydroxylation is 2. The summed E-state index contributed by atoms with van der Waals surface area (Å²) in [6.07, 6.45) is 0. The van der Waals surface area contributed by atoms with Crippen molar-refractivity contribution >= 4 is 51.5 Å². The van der Waals surface area contributed by atoms with Crippen molar-refractivity contribution in [2.24, 2.45) is 0 Å². The second kappa shape index (κ2) is 7.67. The van der Waals surface area contributed by atoms with Crippen LogP contribution in [0.15, 0.2) is 22.7 Å².